The number of hydrogen-bond donors (Lipinski definition) is 0. The second-order valence-electron chi connectivity index (χ2n) is 6.77. The maximum atomic E-state index is 6.29. The van der Waals surface area contributed by atoms with Crippen LogP contribution in [-0.4, -0.2) is 8.07 Å². The van der Waals surface area contributed by atoms with Gasteiger partial charge in [-0.05, 0) is 45.8 Å². The highest BCUT2D eigenvalue weighted by Crippen LogP contribution is 2.39. The van der Waals surface area contributed by atoms with Crippen LogP contribution in [0.4, 0.5) is 0 Å². The van der Waals surface area contributed by atoms with Gasteiger partial charge in [-0.2, -0.15) is 0 Å². The number of rotatable bonds is 0. The molecule has 0 amide bonds. The summed E-state index contributed by atoms with van der Waals surface area (Å²) in [4.78, 5) is 0. The van der Waals surface area contributed by atoms with Crippen molar-refractivity contribution >= 4 is 52.0 Å². The van der Waals surface area contributed by atoms with Gasteiger partial charge in [0, 0.05) is 15.8 Å². The summed E-state index contributed by atoms with van der Waals surface area (Å²) in [6, 6.07) is 19.1. The molecule has 0 saturated heterocycles. The van der Waals surface area contributed by atoms with Crippen LogP contribution in [0, 0.1) is 0 Å². The first-order valence-electron chi connectivity index (χ1n) is 7.82. The normalized spacial score (nSPS) is 15.1. The minimum atomic E-state index is -1.72. The van der Waals surface area contributed by atoms with Crippen molar-refractivity contribution in [2.24, 2.45) is 0 Å². The first-order chi connectivity index (χ1) is 11.1. The molecule has 0 N–H and O–H groups in total. The number of para-hydroxylation sites is 1. The number of benzene rings is 3. The smallest absolute Gasteiger partial charge is 0.136 e. The Hall–Kier alpha value is -2.03. The van der Waals surface area contributed by atoms with Crippen LogP contribution in [0.1, 0.15) is 0 Å². The number of halogens is 1. The molecule has 23 heavy (non-hydrogen) atoms. The van der Waals surface area contributed by atoms with E-state index in [0.29, 0.717) is 0 Å². The molecule has 2 heterocycles. The molecule has 5 rings (SSSR count). The van der Waals surface area contributed by atoms with Crippen LogP contribution in [0.15, 0.2) is 59.0 Å². The molecule has 3 heteroatoms. The minimum absolute atomic E-state index is 0.824. The number of fused-ring (bicyclic) bond motifs is 7. The molecule has 0 spiro atoms. The zero-order valence-corrected chi connectivity index (χ0v) is 14.7. The van der Waals surface area contributed by atoms with E-state index in [0.717, 1.165) is 16.2 Å². The van der Waals surface area contributed by atoms with Crippen molar-refractivity contribution in [3.8, 4) is 11.1 Å². The van der Waals surface area contributed by atoms with Crippen LogP contribution >= 0.6 is 11.6 Å². The summed E-state index contributed by atoms with van der Waals surface area (Å²) in [6.07, 6.45) is 0. The molecule has 0 radical (unpaired) electrons. The van der Waals surface area contributed by atoms with Gasteiger partial charge >= 0.3 is 0 Å². The van der Waals surface area contributed by atoms with Crippen molar-refractivity contribution < 1.29 is 4.42 Å². The highest BCUT2D eigenvalue weighted by molar-refractivity contribution is 7.04. The Labute approximate surface area is 140 Å². The van der Waals surface area contributed by atoms with E-state index in [4.69, 9.17) is 16.0 Å². The van der Waals surface area contributed by atoms with Crippen molar-refractivity contribution in [3.63, 3.8) is 0 Å². The molecular formula is C20H15ClOSi. The topological polar surface area (TPSA) is 13.1 Å². The molecule has 0 unspecified atom stereocenters. The third-order valence-corrected chi connectivity index (χ3v) is 8.90. The highest BCUT2D eigenvalue weighted by atomic mass is 35.5. The lowest BCUT2D eigenvalue weighted by atomic mass is 10.00. The van der Waals surface area contributed by atoms with Gasteiger partial charge in [0.05, 0.1) is 0 Å². The van der Waals surface area contributed by atoms with Crippen molar-refractivity contribution in [2.45, 2.75) is 13.1 Å². The van der Waals surface area contributed by atoms with Crippen LogP contribution in [0.5, 0.6) is 0 Å². The van der Waals surface area contributed by atoms with Gasteiger partial charge in [0.15, 0.2) is 0 Å². The first-order valence-corrected chi connectivity index (χ1v) is 11.2. The van der Waals surface area contributed by atoms with E-state index < -0.39 is 8.07 Å². The fraction of sp³-hybridized carbons (Fsp3) is 0.100. The standard InChI is InChI=1S/C20H15ClOSi/c1-23(2)17-10-9-16-19(13-5-3-4-6-15(13)22-16)20(17)14-8-7-12(21)11-18(14)23/h3-11H,1-2H3. The van der Waals surface area contributed by atoms with Gasteiger partial charge in [0.1, 0.15) is 19.2 Å². The molecule has 3 aromatic carbocycles. The molecule has 112 valence electrons. The molecule has 1 nitrogen and oxygen atoms in total. The molecule has 4 aromatic rings. The maximum Gasteiger partial charge on any atom is 0.136 e. The SMILES string of the molecule is C[Si]1(C)c2cc(Cl)ccc2-c2c1ccc1oc3ccccc3c21. The van der Waals surface area contributed by atoms with Crippen molar-refractivity contribution in [1.29, 1.82) is 0 Å². The number of furan rings is 1. The third-order valence-electron chi connectivity index (χ3n) is 5.14. The Morgan fingerprint density at radius 2 is 1.70 bits per heavy atom. The molecule has 1 aliphatic rings. The lowest BCUT2D eigenvalue weighted by molar-refractivity contribution is 0.669. The van der Waals surface area contributed by atoms with Gasteiger partial charge in [0.2, 0.25) is 0 Å². The largest absolute Gasteiger partial charge is 0.456 e. The van der Waals surface area contributed by atoms with E-state index >= 15 is 0 Å². The average Bonchev–Trinajstić information content (AvgIpc) is 3.01. The summed E-state index contributed by atoms with van der Waals surface area (Å²) < 4.78 is 6.07. The van der Waals surface area contributed by atoms with E-state index in [9.17, 15) is 0 Å². The molecule has 0 atom stereocenters. The van der Waals surface area contributed by atoms with Crippen LogP contribution in [0.3, 0.4) is 0 Å². The Balaban J connectivity index is 2.03. The summed E-state index contributed by atoms with van der Waals surface area (Å²) >= 11 is 6.29. The summed E-state index contributed by atoms with van der Waals surface area (Å²) in [5.74, 6) is 0. The Morgan fingerprint density at radius 3 is 2.57 bits per heavy atom. The summed E-state index contributed by atoms with van der Waals surface area (Å²) in [5, 5.41) is 6.18. The Bertz CT molecular complexity index is 1110. The number of hydrogen-bond acceptors (Lipinski definition) is 1. The molecular weight excluding hydrogens is 320 g/mol. The van der Waals surface area contributed by atoms with Crippen LogP contribution in [-0.2, 0) is 0 Å². The van der Waals surface area contributed by atoms with Gasteiger partial charge < -0.3 is 4.42 Å². The Morgan fingerprint density at radius 1 is 0.870 bits per heavy atom. The predicted molar refractivity (Wildman–Crippen MR) is 101 cm³/mol. The highest BCUT2D eigenvalue weighted by Gasteiger charge is 2.39. The lowest BCUT2D eigenvalue weighted by Gasteiger charge is -2.18. The average molecular weight is 335 g/mol. The molecule has 1 aliphatic heterocycles. The summed E-state index contributed by atoms with van der Waals surface area (Å²) in [5.41, 5.74) is 4.62. The van der Waals surface area contributed by atoms with Crippen molar-refractivity contribution in [1.82, 2.24) is 0 Å². The van der Waals surface area contributed by atoms with Gasteiger partial charge in [0.25, 0.3) is 0 Å². The Kier molecular flexibility index (Phi) is 2.50. The van der Waals surface area contributed by atoms with Crippen LogP contribution < -0.4 is 10.4 Å². The molecule has 0 bridgehead atoms. The van der Waals surface area contributed by atoms with E-state index in [-0.39, 0.29) is 0 Å². The molecule has 0 fully saturated rings. The summed E-state index contributed by atoms with van der Waals surface area (Å²) in [6.45, 7) is 4.81. The van der Waals surface area contributed by atoms with Gasteiger partial charge in [-0.1, -0.05) is 55.0 Å². The monoisotopic (exact) mass is 334 g/mol. The lowest BCUT2D eigenvalue weighted by Crippen LogP contribution is -2.49. The maximum absolute atomic E-state index is 6.29. The van der Waals surface area contributed by atoms with E-state index in [2.05, 4.69) is 49.5 Å². The quantitative estimate of drug-likeness (QED) is 0.410. The summed E-state index contributed by atoms with van der Waals surface area (Å²) in [7, 11) is -1.72. The minimum Gasteiger partial charge on any atom is -0.456 e. The molecule has 1 aromatic heterocycles. The molecule has 0 saturated carbocycles. The second kappa shape index (κ2) is 4.28. The fourth-order valence-electron chi connectivity index (χ4n) is 4.01. The fourth-order valence-corrected chi connectivity index (χ4v) is 7.35. The second-order valence-corrected chi connectivity index (χ2v) is 11.5. The zero-order chi connectivity index (χ0) is 15.8. The predicted octanol–water partition coefficient (Wildman–Crippen LogP) is 5.04. The van der Waals surface area contributed by atoms with Crippen LogP contribution in [0.2, 0.25) is 18.1 Å². The third kappa shape index (κ3) is 1.63. The van der Waals surface area contributed by atoms with Gasteiger partial charge in [-0.25, -0.2) is 0 Å². The zero-order valence-electron chi connectivity index (χ0n) is 13.0. The van der Waals surface area contributed by atoms with Crippen molar-refractivity contribution in [2.75, 3.05) is 0 Å². The van der Waals surface area contributed by atoms with E-state index in [1.807, 2.05) is 18.2 Å². The molecule has 0 aliphatic carbocycles. The van der Waals surface area contributed by atoms with Crippen LogP contribution in [0.25, 0.3) is 33.1 Å². The van der Waals surface area contributed by atoms with E-state index in [1.165, 1.54) is 32.3 Å². The first kappa shape index (κ1) is 13.4. The van der Waals surface area contributed by atoms with E-state index in [1.54, 1.807) is 0 Å². The van der Waals surface area contributed by atoms with Crippen molar-refractivity contribution in [3.05, 3.63) is 59.6 Å². The van der Waals surface area contributed by atoms with Gasteiger partial charge in [-0.3, -0.25) is 0 Å². The van der Waals surface area contributed by atoms with Gasteiger partial charge in [-0.15, -0.1) is 0 Å².